The zero-order chi connectivity index (χ0) is 59.3. The van der Waals surface area contributed by atoms with E-state index in [2.05, 4.69) is 308 Å². The maximum Gasteiger partial charge on any atom is 0.252 e. The Morgan fingerprint density at radius 1 is 0.345 bits per heavy atom. The molecule has 0 spiro atoms. The summed E-state index contributed by atoms with van der Waals surface area (Å²) in [6.07, 6.45) is 0. The second-order valence-corrected chi connectivity index (χ2v) is 30.8. The van der Waals surface area contributed by atoms with Gasteiger partial charge in [0.25, 0.3) is 6.71 Å². The second-order valence-electron chi connectivity index (χ2n) is 30.8. The van der Waals surface area contributed by atoms with Gasteiger partial charge in [-0.1, -0.05) is 191 Å². The summed E-state index contributed by atoms with van der Waals surface area (Å²) in [5.74, 6) is 0. The van der Waals surface area contributed by atoms with Crippen molar-refractivity contribution in [3.8, 4) is 5.69 Å². The first-order valence-corrected chi connectivity index (χ1v) is 30.6. The van der Waals surface area contributed by atoms with Crippen LogP contribution in [0.3, 0.4) is 0 Å². The van der Waals surface area contributed by atoms with Crippen molar-refractivity contribution in [2.24, 2.45) is 0 Å². The van der Waals surface area contributed by atoms with Crippen molar-refractivity contribution in [2.75, 3.05) is 14.7 Å². The Morgan fingerprint density at radius 2 is 0.845 bits per heavy atom. The van der Waals surface area contributed by atoms with E-state index >= 15 is 0 Å². The van der Waals surface area contributed by atoms with Crippen LogP contribution in [0.4, 0.5) is 51.2 Å². The van der Waals surface area contributed by atoms with Crippen molar-refractivity contribution in [2.45, 2.75) is 157 Å². The van der Waals surface area contributed by atoms with Crippen LogP contribution in [0.2, 0.25) is 0 Å². The van der Waals surface area contributed by atoms with Crippen LogP contribution in [-0.2, 0) is 32.5 Å². The summed E-state index contributed by atoms with van der Waals surface area (Å²) in [6.45, 7) is 42.1. The fourth-order valence-electron chi connectivity index (χ4n) is 13.8. The number of para-hydroxylation sites is 1. The highest BCUT2D eigenvalue weighted by Crippen LogP contribution is 2.56. The van der Waals surface area contributed by atoms with Crippen LogP contribution in [0.15, 0.2) is 168 Å². The van der Waals surface area contributed by atoms with Crippen LogP contribution < -0.4 is 31.1 Å². The van der Waals surface area contributed by atoms with Gasteiger partial charge in [0.05, 0.1) is 39.2 Å². The first kappa shape index (κ1) is 54.0. The number of hydrogen-bond donors (Lipinski definition) is 0. The molecule has 0 atom stereocenters. The topological polar surface area (TPSA) is 27.8 Å². The molecule has 422 valence electrons. The Morgan fingerprint density at radius 3 is 1.45 bits per heavy atom. The zero-order valence-corrected chi connectivity index (χ0v) is 52.9. The van der Waals surface area contributed by atoms with Gasteiger partial charge in [0.2, 0.25) is 0 Å². The first-order valence-electron chi connectivity index (χ1n) is 30.6. The first-order chi connectivity index (χ1) is 39.4. The number of nitrogens with zero attached hydrogens (tertiary/aromatic N) is 4. The van der Waals surface area contributed by atoms with Crippen molar-refractivity contribution < 1.29 is 4.42 Å². The van der Waals surface area contributed by atoms with Gasteiger partial charge in [0.1, 0.15) is 11.2 Å². The van der Waals surface area contributed by atoms with E-state index < -0.39 is 0 Å². The predicted molar refractivity (Wildman–Crippen MR) is 363 cm³/mol. The Balaban J connectivity index is 1.14. The van der Waals surface area contributed by atoms with Crippen LogP contribution in [0, 0.1) is 0 Å². The predicted octanol–water partition coefficient (Wildman–Crippen LogP) is 20.3. The second kappa shape index (κ2) is 17.8. The van der Waals surface area contributed by atoms with Crippen LogP contribution in [0.1, 0.15) is 158 Å². The molecule has 0 N–H and O–H groups in total. The maximum atomic E-state index is 6.82. The van der Waals surface area contributed by atoms with Gasteiger partial charge in [0.15, 0.2) is 0 Å². The summed E-state index contributed by atoms with van der Waals surface area (Å²) >= 11 is 0. The molecule has 5 nitrogen and oxygen atoms in total. The molecule has 14 rings (SSSR count). The average Bonchev–Trinajstić information content (AvgIpc) is 1.17. The third-order valence-corrected chi connectivity index (χ3v) is 18.8. The Bertz CT molecular complexity index is 4490. The lowest BCUT2D eigenvalue weighted by Crippen LogP contribution is -2.62. The molecule has 0 saturated carbocycles. The van der Waals surface area contributed by atoms with Crippen molar-refractivity contribution in [1.82, 2.24) is 4.57 Å². The molecule has 0 bridgehead atoms. The molecule has 3 aliphatic rings. The molecule has 0 saturated heterocycles. The minimum absolute atomic E-state index is 0.00667. The quantitative estimate of drug-likeness (QED) is 0.164. The van der Waals surface area contributed by atoms with E-state index in [1.165, 1.54) is 100 Å². The van der Waals surface area contributed by atoms with Gasteiger partial charge in [-0.2, -0.15) is 0 Å². The molecule has 3 aliphatic heterocycles. The highest BCUT2D eigenvalue weighted by Gasteiger charge is 2.48. The third-order valence-electron chi connectivity index (χ3n) is 18.8. The van der Waals surface area contributed by atoms with E-state index in [0.29, 0.717) is 0 Å². The highest BCUT2D eigenvalue weighted by atomic mass is 16.3. The van der Waals surface area contributed by atoms with Gasteiger partial charge < -0.3 is 23.7 Å². The molecule has 6 heteroatoms. The molecule has 9 aromatic carbocycles. The van der Waals surface area contributed by atoms with Gasteiger partial charge >= 0.3 is 0 Å². The standard InChI is InChI=1S/C78H81BN4O/c1-73(2,3)46-26-31-52(32-27-46)80(53-33-28-47(29-34-53)74(4,5)6)54-35-36-58-62(45-54)81(61-23-21-25-68-69(61)55-22-19-20-24-67(55)84-68)63-41-51(78(16,17)18)42-64-70(63)79(58)59-40-50(77(13,14)15)44-66-72(59)83(64)65-43-49(76(10,11)12)39-57-56-38-48(75(7,8)9)30-37-60(56)82(66)71(57)65/h19-45H,1-18H3. The zero-order valence-electron chi connectivity index (χ0n) is 52.9. The van der Waals surface area contributed by atoms with E-state index in [1.54, 1.807) is 0 Å². The summed E-state index contributed by atoms with van der Waals surface area (Å²) in [7, 11) is 0. The van der Waals surface area contributed by atoms with E-state index in [-0.39, 0.29) is 39.2 Å². The van der Waals surface area contributed by atoms with Gasteiger partial charge in [-0.25, -0.2) is 0 Å². The fraction of sp³-hybridized carbons (Fsp3) is 0.308. The molecule has 0 aliphatic carbocycles. The van der Waals surface area contributed by atoms with Crippen LogP contribution in [-0.4, -0.2) is 11.3 Å². The number of fused-ring (bicyclic) bond motifs is 12. The summed E-state index contributed by atoms with van der Waals surface area (Å²) in [4.78, 5) is 7.82. The largest absolute Gasteiger partial charge is 0.456 e. The highest BCUT2D eigenvalue weighted by molar-refractivity contribution is 7.00. The lowest BCUT2D eigenvalue weighted by Gasteiger charge is -2.47. The summed E-state index contributed by atoms with van der Waals surface area (Å²) in [5, 5.41) is 4.82. The normalized spacial score (nSPS) is 14.2. The monoisotopic (exact) mass is 1100 g/mol. The molecular weight excluding hydrogens is 1020 g/mol. The molecule has 11 aromatic rings. The van der Waals surface area contributed by atoms with Gasteiger partial charge in [-0.15, -0.1) is 0 Å². The Kier molecular flexibility index (Phi) is 11.4. The number of rotatable bonds is 4. The van der Waals surface area contributed by atoms with Crippen LogP contribution in [0.5, 0.6) is 0 Å². The van der Waals surface area contributed by atoms with Gasteiger partial charge in [0, 0.05) is 50.3 Å². The van der Waals surface area contributed by atoms with E-state index in [9.17, 15) is 0 Å². The summed E-state index contributed by atoms with van der Waals surface area (Å²) < 4.78 is 9.47. The van der Waals surface area contributed by atoms with E-state index in [1.807, 2.05) is 0 Å². The van der Waals surface area contributed by atoms with Crippen molar-refractivity contribution in [3.05, 3.63) is 197 Å². The third kappa shape index (κ3) is 8.23. The number of aromatic nitrogens is 1. The van der Waals surface area contributed by atoms with Crippen LogP contribution >= 0.6 is 0 Å². The van der Waals surface area contributed by atoms with Crippen molar-refractivity contribution in [1.29, 1.82) is 0 Å². The van der Waals surface area contributed by atoms with Gasteiger partial charge in [-0.05, 0) is 179 Å². The molecule has 5 heterocycles. The van der Waals surface area contributed by atoms with Crippen LogP contribution in [0.25, 0.3) is 49.4 Å². The van der Waals surface area contributed by atoms with E-state index in [4.69, 9.17) is 4.42 Å². The summed E-state index contributed by atoms with van der Waals surface area (Å²) in [5.41, 5.74) is 27.3. The number of furan rings is 1. The number of benzene rings is 9. The molecule has 0 amide bonds. The minimum atomic E-state index is -0.214. The average molecular weight is 1100 g/mol. The molecule has 0 radical (unpaired) electrons. The molecule has 0 fully saturated rings. The number of anilines is 9. The smallest absolute Gasteiger partial charge is 0.252 e. The molecule has 2 aromatic heterocycles. The lowest BCUT2D eigenvalue weighted by atomic mass is 9.33. The fourth-order valence-corrected chi connectivity index (χ4v) is 13.8. The molecule has 0 unspecified atom stereocenters. The van der Waals surface area contributed by atoms with E-state index in [0.717, 1.165) is 50.4 Å². The van der Waals surface area contributed by atoms with Crippen molar-refractivity contribution in [3.63, 3.8) is 0 Å². The Labute approximate surface area is 499 Å². The minimum Gasteiger partial charge on any atom is -0.456 e. The molecule has 84 heavy (non-hydrogen) atoms. The Hall–Kier alpha value is -7.96. The molecular formula is C78H81BN4O. The van der Waals surface area contributed by atoms with Gasteiger partial charge in [-0.3, -0.25) is 0 Å². The maximum absolute atomic E-state index is 6.82. The lowest BCUT2D eigenvalue weighted by molar-refractivity contribution is 0.589. The summed E-state index contributed by atoms with van der Waals surface area (Å²) in [6, 6.07) is 63.8. The number of hydrogen-bond acceptors (Lipinski definition) is 4. The van der Waals surface area contributed by atoms with Crippen molar-refractivity contribution >= 4 is 118 Å². The SMILES string of the molecule is CC(C)(C)c1ccc(N(c2ccc(C(C)(C)C)cc2)c2ccc3c(c2)N(c2cccc4oc5ccccc5c24)c2cc(C(C)(C)C)cc4c2B3c2cc(C(C)(C)C)cc3c2N4c2cc(C(C)(C)C)cc4c5cc(C(C)(C)C)ccc5n-3c24)cc1.